The molecule has 7 heteroatoms. The standard InChI is InChI=1S/C20H18ClN3O3/c1-14-6-2-3-7-15(14)12-23-11-10-19(26)24(20(23)27)13-18(25)22-17-9-5-4-8-16(17)21/h2-11H,12-13H2,1H3,(H,22,25). The lowest BCUT2D eigenvalue weighted by atomic mass is 10.1. The van der Waals surface area contributed by atoms with Crippen LogP contribution in [-0.4, -0.2) is 15.0 Å². The SMILES string of the molecule is Cc1ccccc1Cn1ccc(=O)n(CC(=O)Nc2ccccc2Cl)c1=O. The minimum absolute atomic E-state index is 0.317. The zero-order valence-electron chi connectivity index (χ0n) is 14.7. The molecule has 1 heterocycles. The van der Waals surface area contributed by atoms with Crippen LogP contribution in [0.4, 0.5) is 5.69 Å². The van der Waals surface area contributed by atoms with Gasteiger partial charge in [0.2, 0.25) is 5.91 Å². The predicted molar refractivity (Wildman–Crippen MR) is 105 cm³/mol. The van der Waals surface area contributed by atoms with Crippen LogP contribution < -0.4 is 16.6 Å². The van der Waals surface area contributed by atoms with Gasteiger partial charge in [0.1, 0.15) is 6.54 Å². The summed E-state index contributed by atoms with van der Waals surface area (Å²) in [6.45, 7) is 1.88. The highest BCUT2D eigenvalue weighted by Gasteiger charge is 2.12. The zero-order valence-corrected chi connectivity index (χ0v) is 15.4. The van der Waals surface area contributed by atoms with E-state index in [0.717, 1.165) is 15.7 Å². The van der Waals surface area contributed by atoms with Crippen LogP contribution in [0.2, 0.25) is 5.02 Å². The molecule has 0 aliphatic carbocycles. The van der Waals surface area contributed by atoms with E-state index in [9.17, 15) is 14.4 Å². The van der Waals surface area contributed by atoms with Gasteiger partial charge in [-0.15, -0.1) is 0 Å². The fourth-order valence-corrected chi connectivity index (χ4v) is 2.87. The van der Waals surface area contributed by atoms with E-state index in [2.05, 4.69) is 5.32 Å². The van der Waals surface area contributed by atoms with Crippen LogP contribution in [0.5, 0.6) is 0 Å². The molecule has 3 aromatic rings. The molecule has 0 saturated heterocycles. The fourth-order valence-electron chi connectivity index (χ4n) is 2.69. The Bertz CT molecular complexity index is 1100. The lowest BCUT2D eigenvalue weighted by molar-refractivity contribution is -0.116. The summed E-state index contributed by atoms with van der Waals surface area (Å²) in [7, 11) is 0. The minimum atomic E-state index is -0.542. The van der Waals surface area contributed by atoms with Crippen LogP contribution in [0.3, 0.4) is 0 Å². The molecule has 1 amide bonds. The van der Waals surface area contributed by atoms with E-state index >= 15 is 0 Å². The van der Waals surface area contributed by atoms with E-state index in [1.165, 1.54) is 16.8 Å². The number of anilines is 1. The Morgan fingerprint density at radius 1 is 1.04 bits per heavy atom. The Morgan fingerprint density at radius 2 is 1.74 bits per heavy atom. The van der Waals surface area contributed by atoms with Gasteiger partial charge >= 0.3 is 5.69 Å². The first-order chi connectivity index (χ1) is 13.0. The first-order valence-electron chi connectivity index (χ1n) is 8.35. The number of carbonyl (C=O) groups excluding carboxylic acids is 1. The van der Waals surface area contributed by atoms with Crippen molar-refractivity contribution in [2.75, 3.05) is 5.32 Å². The maximum atomic E-state index is 12.7. The second kappa shape index (κ2) is 8.05. The van der Waals surface area contributed by atoms with Gasteiger partial charge < -0.3 is 5.32 Å². The van der Waals surface area contributed by atoms with Crippen LogP contribution in [0.15, 0.2) is 70.4 Å². The molecule has 0 radical (unpaired) electrons. The minimum Gasteiger partial charge on any atom is -0.323 e. The van der Waals surface area contributed by atoms with Crippen LogP contribution in [0.25, 0.3) is 0 Å². The third-order valence-electron chi connectivity index (χ3n) is 4.19. The van der Waals surface area contributed by atoms with E-state index in [1.807, 2.05) is 31.2 Å². The summed E-state index contributed by atoms with van der Waals surface area (Å²) >= 11 is 6.02. The average molecular weight is 384 g/mol. The number of nitrogens with one attached hydrogen (secondary N) is 1. The number of rotatable bonds is 5. The molecular weight excluding hydrogens is 366 g/mol. The van der Waals surface area contributed by atoms with Crippen molar-refractivity contribution in [2.24, 2.45) is 0 Å². The van der Waals surface area contributed by atoms with E-state index in [4.69, 9.17) is 11.6 Å². The Kier molecular flexibility index (Phi) is 5.57. The van der Waals surface area contributed by atoms with Gasteiger partial charge in [-0.1, -0.05) is 48.0 Å². The quantitative estimate of drug-likeness (QED) is 0.736. The smallest absolute Gasteiger partial charge is 0.323 e. The van der Waals surface area contributed by atoms with Crippen molar-refractivity contribution in [1.82, 2.24) is 9.13 Å². The van der Waals surface area contributed by atoms with Gasteiger partial charge in [-0.2, -0.15) is 0 Å². The summed E-state index contributed by atoms with van der Waals surface area (Å²) in [5.41, 5.74) is 1.35. The molecular formula is C20H18ClN3O3. The lowest BCUT2D eigenvalue weighted by Crippen LogP contribution is -2.41. The van der Waals surface area contributed by atoms with Crippen molar-refractivity contribution in [3.05, 3.63) is 97.8 Å². The van der Waals surface area contributed by atoms with Crippen molar-refractivity contribution in [3.63, 3.8) is 0 Å². The van der Waals surface area contributed by atoms with Crippen LogP contribution in [0, 0.1) is 6.92 Å². The molecule has 0 unspecified atom stereocenters. The molecule has 0 spiro atoms. The fraction of sp³-hybridized carbons (Fsp3) is 0.150. The largest absolute Gasteiger partial charge is 0.331 e. The number of carbonyl (C=O) groups is 1. The molecule has 0 fully saturated rings. The molecule has 27 heavy (non-hydrogen) atoms. The number of hydrogen-bond acceptors (Lipinski definition) is 3. The summed E-state index contributed by atoms with van der Waals surface area (Å²) < 4.78 is 2.32. The third kappa shape index (κ3) is 4.35. The number of para-hydroxylation sites is 1. The van der Waals surface area contributed by atoms with E-state index in [-0.39, 0.29) is 0 Å². The second-order valence-electron chi connectivity index (χ2n) is 6.11. The Balaban J connectivity index is 1.84. The molecule has 0 aliphatic heterocycles. The van der Waals surface area contributed by atoms with Crippen molar-refractivity contribution >= 4 is 23.2 Å². The predicted octanol–water partition coefficient (Wildman–Crippen LogP) is 2.66. The van der Waals surface area contributed by atoms with E-state index < -0.39 is 23.7 Å². The number of amides is 1. The molecule has 138 valence electrons. The summed E-state index contributed by atoms with van der Waals surface area (Å²) in [6.07, 6.45) is 1.44. The molecule has 0 aliphatic rings. The van der Waals surface area contributed by atoms with Crippen LogP contribution in [0.1, 0.15) is 11.1 Å². The van der Waals surface area contributed by atoms with E-state index in [1.54, 1.807) is 24.3 Å². The molecule has 0 saturated carbocycles. The molecule has 3 rings (SSSR count). The van der Waals surface area contributed by atoms with Crippen molar-refractivity contribution in [2.45, 2.75) is 20.0 Å². The van der Waals surface area contributed by atoms with Gasteiger partial charge in [-0.3, -0.25) is 18.7 Å². The Hall–Kier alpha value is -3.12. The van der Waals surface area contributed by atoms with Gasteiger partial charge in [0.05, 0.1) is 17.3 Å². The van der Waals surface area contributed by atoms with Crippen LogP contribution in [-0.2, 0) is 17.9 Å². The number of halogens is 1. The molecule has 2 aromatic carbocycles. The molecule has 0 atom stereocenters. The van der Waals surface area contributed by atoms with Gasteiger partial charge in [0.25, 0.3) is 5.56 Å². The third-order valence-corrected chi connectivity index (χ3v) is 4.52. The van der Waals surface area contributed by atoms with Gasteiger partial charge in [0, 0.05) is 12.3 Å². The van der Waals surface area contributed by atoms with Crippen molar-refractivity contribution < 1.29 is 4.79 Å². The highest BCUT2D eigenvalue weighted by molar-refractivity contribution is 6.33. The number of hydrogen-bond donors (Lipinski definition) is 1. The maximum absolute atomic E-state index is 12.7. The highest BCUT2D eigenvalue weighted by Crippen LogP contribution is 2.20. The first kappa shape index (κ1) is 18.7. The normalized spacial score (nSPS) is 10.6. The number of benzene rings is 2. The van der Waals surface area contributed by atoms with E-state index in [0.29, 0.717) is 17.3 Å². The number of nitrogens with zero attached hydrogens (tertiary/aromatic N) is 2. The van der Waals surface area contributed by atoms with Crippen molar-refractivity contribution in [3.8, 4) is 0 Å². The molecule has 6 nitrogen and oxygen atoms in total. The molecule has 1 N–H and O–H groups in total. The first-order valence-corrected chi connectivity index (χ1v) is 8.72. The topological polar surface area (TPSA) is 73.1 Å². The summed E-state index contributed by atoms with van der Waals surface area (Å²) in [5.74, 6) is -0.504. The zero-order chi connectivity index (χ0) is 19.4. The van der Waals surface area contributed by atoms with Crippen molar-refractivity contribution in [1.29, 1.82) is 0 Å². The number of aromatic nitrogens is 2. The Labute approximate surface area is 160 Å². The monoisotopic (exact) mass is 383 g/mol. The lowest BCUT2D eigenvalue weighted by Gasteiger charge is -2.12. The molecule has 0 bridgehead atoms. The summed E-state index contributed by atoms with van der Waals surface area (Å²) in [6, 6.07) is 15.7. The maximum Gasteiger partial charge on any atom is 0.331 e. The van der Waals surface area contributed by atoms with Gasteiger partial charge in [-0.05, 0) is 30.2 Å². The van der Waals surface area contributed by atoms with Gasteiger partial charge in [-0.25, -0.2) is 4.79 Å². The molecule has 1 aromatic heterocycles. The van der Waals surface area contributed by atoms with Crippen LogP contribution >= 0.6 is 11.6 Å². The second-order valence-corrected chi connectivity index (χ2v) is 6.51. The summed E-state index contributed by atoms with van der Waals surface area (Å²) in [4.78, 5) is 37.1. The Morgan fingerprint density at radius 3 is 2.48 bits per heavy atom. The summed E-state index contributed by atoms with van der Waals surface area (Å²) in [5, 5.41) is 2.99. The number of aryl methyl sites for hydroxylation is 1. The average Bonchev–Trinajstić information content (AvgIpc) is 2.64. The highest BCUT2D eigenvalue weighted by atomic mass is 35.5. The van der Waals surface area contributed by atoms with Gasteiger partial charge in [0.15, 0.2) is 0 Å².